The average molecular weight is 544 g/mol. The van der Waals surface area contributed by atoms with Crippen molar-refractivity contribution in [3.63, 3.8) is 0 Å². The number of H-pyrrole nitrogens is 1. The lowest BCUT2D eigenvalue weighted by atomic mass is 9.95. The molecule has 2 fully saturated rings. The van der Waals surface area contributed by atoms with Crippen LogP contribution in [0.1, 0.15) is 64.6 Å². The lowest BCUT2D eigenvalue weighted by Crippen LogP contribution is -2.48. The van der Waals surface area contributed by atoms with E-state index in [-0.39, 0.29) is 28.2 Å². The van der Waals surface area contributed by atoms with Gasteiger partial charge in [-0.25, -0.2) is 18.4 Å². The van der Waals surface area contributed by atoms with Crippen LogP contribution in [0.4, 0.5) is 0 Å². The van der Waals surface area contributed by atoms with Crippen LogP contribution < -0.4 is 10.3 Å². The summed E-state index contributed by atoms with van der Waals surface area (Å²) in [6.07, 6.45) is 7.60. The van der Waals surface area contributed by atoms with Gasteiger partial charge in [0, 0.05) is 26.2 Å². The topological polar surface area (TPSA) is 126 Å². The fraction of sp³-hybridized carbons (Fsp3) is 0.615. The van der Waals surface area contributed by atoms with Crippen LogP contribution in [0.5, 0.6) is 5.88 Å². The third-order valence-corrected chi connectivity index (χ3v) is 9.55. The molecule has 1 saturated heterocycles. The number of nitrogens with zero attached hydrogens (tertiary/aromatic N) is 6. The molecule has 5 rings (SSSR count). The monoisotopic (exact) mass is 543 g/mol. The first-order valence-corrected chi connectivity index (χ1v) is 15.2. The van der Waals surface area contributed by atoms with Gasteiger partial charge in [-0.1, -0.05) is 33.1 Å². The summed E-state index contributed by atoms with van der Waals surface area (Å²) in [5.74, 6) is 0.451. The largest absolute Gasteiger partial charge is 0.477 e. The maximum Gasteiger partial charge on any atom is 0.279 e. The van der Waals surface area contributed by atoms with E-state index in [0.29, 0.717) is 55.8 Å². The molecule has 0 aromatic carbocycles. The molecule has 12 heteroatoms. The molecule has 0 atom stereocenters. The number of hydrogen-bond acceptors (Lipinski definition) is 8. The van der Waals surface area contributed by atoms with E-state index in [4.69, 9.17) is 9.72 Å². The summed E-state index contributed by atoms with van der Waals surface area (Å²) in [4.78, 5) is 27.5. The van der Waals surface area contributed by atoms with Gasteiger partial charge in [0.05, 0.1) is 30.1 Å². The first-order valence-electron chi connectivity index (χ1n) is 13.7. The van der Waals surface area contributed by atoms with Crippen LogP contribution >= 0.6 is 0 Å². The van der Waals surface area contributed by atoms with Crippen LogP contribution in [0.2, 0.25) is 0 Å². The van der Waals surface area contributed by atoms with Gasteiger partial charge in [-0.3, -0.25) is 9.48 Å². The summed E-state index contributed by atoms with van der Waals surface area (Å²) < 4.78 is 36.2. The van der Waals surface area contributed by atoms with Crippen LogP contribution in [0.3, 0.4) is 0 Å². The summed E-state index contributed by atoms with van der Waals surface area (Å²) in [7, 11) is -3.78. The molecule has 3 aromatic heterocycles. The number of piperazine rings is 1. The zero-order valence-corrected chi connectivity index (χ0v) is 23.3. The van der Waals surface area contributed by atoms with Gasteiger partial charge in [-0.05, 0) is 38.8 Å². The molecule has 11 nitrogen and oxygen atoms in total. The van der Waals surface area contributed by atoms with Gasteiger partial charge >= 0.3 is 0 Å². The maximum absolute atomic E-state index is 13.5. The zero-order chi connectivity index (χ0) is 26.9. The Kier molecular flexibility index (Phi) is 7.83. The Hall–Kier alpha value is -2.83. The number of likely N-dealkylation sites (N-methyl/N-ethyl adjacent to an activating group) is 1. The molecule has 206 valence electrons. The Morgan fingerprint density at radius 2 is 1.79 bits per heavy atom. The van der Waals surface area contributed by atoms with Gasteiger partial charge in [-0.15, -0.1) is 0 Å². The van der Waals surface area contributed by atoms with Crippen molar-refractivity contribution in [1.29, 1.82) is 0 Å². The van der Waals surface area contributed by atoms with Crippen LogP contribution in [-0.2, 0) is 16.4 Å². The van der Waals surface area contributed by atoms with E-state index in [0.717, 1.165) is 37.9 Å². The third-order valence-electron chi connectivity index (χ3n) is 7.69. The van der Waals surface area contributed by atoms with E-state index in [2.05, 4.69) is 26.9 Å². The highest BCUT2D eigenvalue weighted by molar-refractivity contribution is 7.89. The quantitative estimate of drug-likeness (QED) is 0.460. The highest BCUT2D eigenvalue weighted by atomic mass is 32.2. The first kappa shape index (κ1) is 26.8. The number of sulfonamides is 1. The number of pyridine rings is 1. The molecule has 0 amide bonds. The predicted octanol–water partition coefficient (Wildman–Crippen LogP) is 2.97. The van der Waals surface area contributed by atoms with Crippen molar-refractivity contribution in [2.45, 2.75) is 70.2 Å². The standard InChI is InChI=1S/C26H37N7O4S/c1-4-21-22-23(30-33(21)18-10-8-7-9-11-18)25(34)29-24(28-22)20-16-19(17-27-26(20)37-6-3)38(35,36)32-14-12-31(5-2)13-15-32/h16-18H,4-15H2,1-3H3,(H,28,29,34). The molecule has 4 heterocycles. The molecule has 38 heavy (non-hydrogen) atoms. The Morgan fingerprint density at radius 1 is 1.05 bits per heavy atom. The normalized spacial score (nSPS) is 18.3. The number of aryl methyl sites for hydroxylation is 1. The second kappa shape index (κ2) is 11.1. The fourth-order valence-electron chi connectivity index (χ4n) is 5.55. The summed E-state index contributed by atoms with van der Waals surface area (Å²) >= 11 is 0. The Morgan fingerprint density at radius 3 is 2.45 bits per heavy atom. The molecule has 1 N–H and O–H groups in total. The maximum atomic E-state index is 13.5. The number of fused-ring (bicyclic) bond motifs is 1. The highest BCUT2D eigenvalue weighted by Crippen LogP contribution is 2.33. The van der Waals surface area contributed by atoms with Crippen LogP contribution in [0, 0.1) is 0 Å². The van der Waals surface area contributed by atoms with E-state index in [1.54, 1.807) is 0 Å². The van der Waals surface area contributed by atoms with Crippen molar-refractivity contribution in [2.75, 3.05) is 39.3 Å². The van der Waals surface area contributed by atoms with E-state index in [9.17, 15) is 13.2 Å². The van der Waals surface area contributed by atoms with Crippen molar-refractivity contribution < 1.29 is 13.2 Å². The van der Waals surface area contributed by atoms with Crippen LogP contribution in [0.25, 0.3) is 22.4 Å². The van der Waals surface area contributed by atoms with E-state index >= 15 is 0 Å². The summed E-state index contributed by atoms with van der Waals surface area (Å²) in [6.45, 7) is 9.36. The first-order chi connectivity index (χ1) is 18.4. The minimum atomic E-state index is -3.78. The number of nitrogens with one attached hydrogen (secondary N) is 1. The predicted molar refractivity (Wildman–Crippen MR) is 145 cm³/mol. The van der Waals surface area contributed by atoms with Gasteiger partial charge in [0.2, 0.25) is 15.9 Å². The van der Waals surface area contributed by atoms with E-state index < -0.39 is 10.0 Å². The van der Waals surface area contributed by atoms with Gasteiger partial charge in [0.1, 0.15) is 16.2 Å². The van der Waals surface area contributed by atoms with Crippen molar-refractivity contribution in [2.24, 2.45) is 0 Å². The Balaban J connectivity index is 1.59. The molecule has 0 bridgehead atoms. The van der Waals surface area contributed by atoms with Crippen LogP contribution in [-0.4, -0.2) is 81.7 Å². The molecule has 1 aliphatic carbocycles. The van der Waals surface area contributed by atoms with Gasteiger partial charge in [0.15, 0.2) is 5.52 Å². The summed E-state index contributed by atoms with van der Waals surface area (Å²) in [5.41, 5.74) is 1.75. The molecule has 0 radical (unpaired) electrons. The fourth-order valence-corrected chi connectivity index (χ4v) is 6.95. The van der Waals surface area contributed by atoms with Gasteiger partial charge < -0.3 is 14.6 Å². The van der Waals surface area contributed by atoms with Crippen molar-refractivity contribution in [3.8, 4) is 17.3 Å². The lowest BCUT2D eigenvalue weighted by molar-refractivity contribution is 0.196. The summed E-state index contributed by atoms with van der Waals surface area (Å²) in [6, 6.07) is 1.78. The molecule has 1 saturated carbocycles. The number of aromatic nitrogens is 5. The molecule has 0 unspecified atom stereocenters. The van der Waals surface area contributed by atoms with Crippen molar-refractivity contribution >= 4 is 21.1 Å². The molecule has 1 aliphatic heterocycles. The molecular formula is C26H37N7O4S. The smallest absolute Gasteiger partial charge is 0.279 e. The molecule has 2 aliphatic rings. The third kappa shape index (κ3) is 4.96. The second-order valence-electron chi connectivity index (χ2n) is 9.94. The molecule has 3 aromatic rings. The molecule has 0 spiro atoms. The van der Waals surface area contributed by atoms with E-state index in [1.807, 2.05) is 18.5 Å². The lowest BCUT2D eigenvalue weighted by Gasteiger charge is -2.33. The van der Waals surface area contributed by atoms with Gasteiger partial charge in [0.25, 0.3) is 5.56 Å². The zero-order valence-electron chi connectivity index (χ0n) is 22.4. The Bertz CT molecular complexity index is 1450. The summed E-state index contributed by atoms with van der Waals surface area (Å²) in [5, 5.41) is 4.69. The number of hydrogen-bond donors (Lipinski definition) is 1. The number of aromatic amines is 1. The van der Waals surface area contributed by atoms with Crippen LogP contribution in [0.15, 0.2) is 22.0 Å². The average Bonchev–Trinajstić information content (AvgIpc) is 3.33. The molecular weight excluding hydrogens is 506 g/mol. The SMILES string of the molecule is CCOc1ncc(S(=O)(=O)N2CCN(CC)CC2)cc1-c1nc2c(CC)n(C3CCCCC3)nc2c(=O)[nH]1. The van der Waals surface area contributed by atoms with Crippen molar-refractivity contribution in [3.05, 3.63) is 28.3 Å². The minimum absolute atomic E-state index is 0.0530. The highest BCUT2D eigenvalue weighted by Gasteiger charge is 2.30. The second-order valence-corrected chi connectivity index (χ2v) is 11.9. The van der Waals surface area contributed by atoms with E-state index in [1.165, 1.54) is 23.0 Å². The minimum Gasteiger partial charge on any atom is -0.477 e. The number of ether oxygens (including phenoxy) is 1. The van der Waals surface area contributed by atoms with Gasteiger partial charge in [-0.2, -0.15) is 9.40 Å². The van der Waals surface area contributed by atoms with Crippen molar-refractivity contribution in [1.82, 2.24) is 33.9 Å². The number of rotatable bonds is 8. The Labute approximate surface area is 223 Å².